The van der Waals surface area contributed by atoms with Crippen molar-refractivity contribution in [3.63, 3.8) is 0 Å². The zero-order chi connectivity index (χ0) is 25.6. The van der Waals surface area contributed by atoms with Gasteiger partial charge in [0.2, 0.25) is 5.88 Å². The van der Waals surface area contributed by atoms with Crippen LogP contribution in [0.1, 0.15) is 30.9 Å². The molecule has 0 aromatic carbocycles. The SMILES string of the molecule is CCOC1=CN2NC3NNCC3=C2C(c2ccc(N3C4CCC3CN(Cc3ccc(OC)nc3)C4)nc2)=C1. The number of nitrogens with zero attached hydrogens (tertiary/aromatic N) is 5. The van der Waals surface area contributed by atoms with E-state index in [-0.39, 0.29) is 6.17 Å². The molecule has 3 N–H and O–H groups in total. The summed E-state index contributed by atoms with van der Waals surface area (Å²) in [6.45, 7) is 6.43. The van der Waals surface area contributed by atoms with E-state index in [0.29, 0.717) is 24.6 Å². The fourth-order valence-corrected chi connectivity index (χ4v) is 6.45. The van der Waals surface area contributed by atoms with Crippen molar-refractivity contribution in [1.29, 1.82) is 0 Å². The minimum Gasteiger partial charge on any atom is -0.492 e. The highest BCUT2D eigenvalue weighted by Gasteiger charge is 2.41. The number of aromatic nitrogens is 2. The van der Waals surface area contributed by atoms with Crippen LogP contribution < -0.4 is 25.9 Å². The molecule has 0 spiro atoms. The van der Waals surface area contributed by atoms with Gasteiger partial charge in [-0.25, -0.2) is 20.8 Å². The van der Waals surface area contributed by atoms with Crippen LogP contribution in [0, 0.1) is 0 Å². The molecule has 7 heterocycles. The van der Waals surface area contributed by atoms with Crippen LogP contribution in [0.5, 0.6) is 5.88 Å². The molecule has 0 amide bonds. The zero-order valence-corrected chi connectivity index (χ0v) is 21.9. The summed E-state index contributed by atoms with van der Waals surface area (Å²) in [5.41, 5.74) is 16.0. The third-order valence-corrected chi connectivity index (χ3v) is 8.09. The molecule has 0 saturated carbocycles. The summed E-state index contributed by atoms with van der Waals surface area (Å²) in [4.78, 5) is 14.5. The van der Waals surface area contributed by atoms with Crippen LogP contribution in [0.15, 0.2) is 66.0 Å². The first kappa shape index (κ1) is 23.7. The van der Waals surface area contributed by atoms with Crippen molar-refractivity contribution in [2.45, 2.75) is 44.6 Å². The van der Waals surface area contributed by atoms with Crippen LogP contribution >= 0.6 is 0 Å². The lowest BCUT2D eigenvalue weighted by Gasteiger charge is -2.42. The Morgan fingerprint density at radius 2 is 1.92 bits per heavy atom. The van der Waals surface area contributed by atoms with Gasteiger partial charge in [0.15, 0.2) is 0 Å². The minimum atomic E-state index is 0.0819. The summed E-state index contributed by atoms with van der Waals surface area (Å²) in [7, 11) is 1.65. The second kappa shape index (κ2) is 9.70. The lowest BCUT2D eigenvalue weighted by Crippen LogP contribution is -2.53. The van der Waals surface area contributed by atoms with Gasteiger partial charge in [-0.15, -0.1) is 0 Å². The lowest BCUT2D eigenvalue weighted by molar-refractivity contribution is 0.211. The van der Waals surface area contributed by atoms with Crippen LogP contribution in [-0.4, -0.2) is 71.5 Å². The van der Waals surface area contributed by atoms with E-state index >= 15 is 0 Å². The van der Waals surface area contributed by atoms with Gasteiger partial charge in [0, 0.05) is 73.4 Å². The van der Waals surface area contributed by atoms with Gasteiger partial charge in [-0.3, -0.25) is 15.3 Å². The summed E-state index contributed by atoms with van der Waals surface area (Å²) >= 11 is 0. The van der Waals surface area contributed by atoms with Crippen molar-refractivity contribution < 1.29 is 9.47 Å². The van der Waals surface area contributed by atoms with E-state index in [1.54, 1.807) is 7.11 Å². The van der Waals surface area contributed by atoms with Crippen molar-refractivity contribution in [3.05, 3.63) is 77.1 Å². The first-order chi connectivity index (χ1) is 18.7. The summed E-state index contributed by atoms with van der Waals surface area (Å²) in [6.07, 6.45) is 10.6. The molecular weight excluding hydrogens is 480 g/mol. The maximum absolute atomic E-state index is 5.89. The molecule has 0 aliphatic carbocycles. The maximum Gasteiger partial charge on any atom is 0.212 e. The first-order valence-corrected chi connectivity index (χ1v) is 13.5. The number of allylic oxidation sites excluding steroid dienone is 2. The third kappa shape index (κ3) is 4.14. The molecule has 2 aromatic rings. The van der Waals surface area contributed by atoms with E-state index in [0.717, 1.165) is 48.9 Å². The summed E-state index contributed by atoms with van der Waals surface area (Å²) in [5.74, 6) is 2.58. The number of methoxy groups -OCH3 is 1. The topological polar surface area (TPSA) is 90.1 Å². The molecule has 38 heavy (non-hydrogen) atoms. The van der Waals surface area contributed by atoms with Gasteiger partial charge in [0.25, 0.3) is 0 Å². The van der Waals surface area contributed by atoms with Crippen LogP contribution in [0.4, 0.5) is 5.82 Å². The number of nitrogens with one attached hydrogen (secondary N) is 3. The molecule has 7 rings (SSSR count). The molecule has 5 aliphatic rings. The molecular formula is C28H34N8O2. The summed E-state index contributed by atoms with van der Waals surface area (Å²) < 4.78 is 11.1. The fraction of sp³-hybridized carbons (Fsp3) is 0.429. The Balaban J connectivity index is 1.10. The number of likely N-dealkylation sites (tertiary alicyclic amines) is 1. The highest BCUT2D eigenvalue weighted by molar-refractivity contribution is 5.83. The van der Waals surface area contributed by atoms with Gasteiger partial charge in [-0.1, -0.05) is 6.07 Å². The molecule has 10 nitrogen and oxygen atoms in total. The molecule has 198 valence electrons. The number of fused-ring (bicyclic) bond motifs is 4. The standard InChI is InChI=1S/C28H34N8O2/c1-3-38-22-10-23(27-24-13-31-32-28(24)33-35(27)17-22)19-5-8-25(29-12-19)36-20-6-7-21(36)16-34(15-20)14-18-4-9-26(37-2)30-11-18/h4-5,8-12,17,20-21,28,31-33H,3,6-7,13-16H2,1-2H3. The molecule has 10 heteroatoms. The Morgan fingerprint density at radius 3 is 2.63 bits per heavy atom. The number of ether oxygens (including phenoxy) is 2. The van der Waals surface area contributed by atoms with Gasteiger partial charge in [0.1, 0.15) is 17.7 Å². The molecule has 3 atom stereocenters. The lowest BCUT2D eigenvalue weighted by atomic mass is 9.97. The Kier molecular flexibility index (Phi) is 6.04. The zero-order valence-electron chi connectivity index (χ0n) is 21.9. The van der Waals surface area contributed by atoms with Gasteiger partial charge >= 0.3 is 0 Å². The second-order valence-corrected chi connectivity index (χ2v) is 10.4. The number of hydrogen-bond acceptors (Lipinski definition) is 10. The smallest absolute Gasteiger partial charge is 0.212 e. The molecule has 3 unspecified atom stereocenters. The molecule has 0 radical (unpaired) electrons. The summed E-state index contributed by atoms with van der Waals surface area (Å²) in [5, 5.41) is 2.08. The monoisotopic (exact) mass is 514 g/mol. The average Bonchev–Trinajstić information content (AvgIpc) is 3.60. The normalized spacial score (nSPS) is 26.3. The number of rotatable bonds is 7. The Labute approximate surface area is 222 Å². The molecule has 2 aromatic heterocycles. The first-order valence-electron chi connectivity index (χ1n) is 13.5. The quantitative estimate of drug-likeness (QED) is 0.511. The molecule has 3 saturated heterocycles. The van der Waals surface area contributed by atoms with Crippen LogP contribution in [0.2, 0.25) is 0 Å². The van der Waals surface area contributed by atoms with Crippen LogP contribution in [0.25, 0.3) is 5.57 Å². The molecule has 5 aliphatic heterocycles. The second-order valence-electron chi connectivity index (χ2n) is 10.4. The van der Waals surface area contributed by atoms with Crippen LogP contribution in [-0.2, 0) is 11.3 Å². The fourth-order valence-electron chi connectivity index (χ4n) is 6.45. The highest BCUT2D eigenvalue weighted by Crippen LogP contribution is 2.39. The number of piperazine rings is 1. The van der Waals surface area contributed by atoms with Crippen molar-refractivity contribution in [1.82, 2.24) is 36.2 Å². The van der Waals surface area contributed by atoms with Gasteiger partial charge in [0.05, 0.1) is 25.6 Å². The van der Waals surface area contributed by atoms with E-state index in [4.69, 9.17) is 14.5 Å². The number of hydrogen-bond donors (Lipinski definition) is 3. The molecule has 2 bridgehead atoms. The van der Waals surface area contributed by atoms with Gasteiger partial charge in [-0.05, 0) is 43.5 Å². The molecule has 3 fully saturated rings. The van der Waals surface area contributed by atoms with E-state index < -0.39 is 0 Å². The predicted octanol–water partition coefficient (Wildman–Crippen LogP) is 2.12. The van der Waals surface area contributed by atoms with Crippen molar-refractivity contribution in [3.8, 4) is 5.88 Å². The van der Waals surface area contributed by atoms with Crippen molar-refractivity contribution in [2.75, 3.05) is 38.3 Å². The van der Waals surface area contributed by atoms with E-state index in [1.807, 2.05) is 31.6 Å². The third-order valence-electron chi connectivity index (χ3n) is 8.09. The minimum absolute atomic E-state index is 0.0819. The van der Waals surface area contributed by atoms with E-state index in [1.165, 1.54) is 29.7 Å². The Bertz CT molecular complexity index is 1270. The average molecular weight is 515 g/mol. The number of hydrazine groups is 2. The van der Waals surface area contributed by atoms with Gasteiger partial charge < -0.3 is 14.4 Å². The number of anilines is 1. The van der Waals surface area contributed by atoms with E-state index in [2.05, 4.69) is 60.3 Å². The Morgan fingerprint density at radius 1 is 1.05 bits per heavy atom. The number of pyridine rings is 2. The van der Waals surface area contributed by atoms with Crippen LogP contribution in [0.3, 0.4) is 0 Å². The van der Waals surface area contributed by atoms with E-state index in [9.17, 15) is 0 Å². The maximum atomic E-state index is 5.89. The predicted molar refractivity (Wildman–Crippen MR) is 144 cm³/mol. The Hall–Kier alpha value is -3.44. The van der Waals surface area contributed by atoms with Crippen molar-refractivity contribution in [2.24, 2.45) is 0 Å². The van der Waals surface area contributed by atoms with Crippen molar-refractivity contribution >= 4 is 11.4 Å². The largest absolute Gasteiger partial charge is 0.492 e. The van der Waals surface area contributed by atoms with Gasteiger partial charge in [-0.2, -0.15) is 0 Å². The summed E-state index contributed by atoms with van der Waals surface area (Å²) in [6, 6.07) is 9.43. The highest BCUT2D eigenvalue weighted by atomic mass is 16.5.